The summed E-state index contributed by atoms with van der Waals surface area (Å²) in [7, 11) is 0. The fourth-order valence-electron chi connectivity index (χ4n) is 1.94. The Balaban J connectivity index is 1.89. The molecule has 0 amide bonds. The van der Waals surface area contributed by atoms with Crippen LogP contribution >= 0.6 is 39.0 Å². The molecule has 2 nitrogen and oxygen atoms in total. The van der Waals surface area contributed by atoms with E-state index in [0.29, 0.717) is 5.41 Å². The van der Waals surface area contributed by atoms with Gasteiger partial charge in [0.1, 0.15) is 0 Å². The molecule has 0 fully saturated rings. The van der Waals surface area contributed by atoms with E-state index in [-0.39, 0.29) is 0 Å². The lowest BCUT2D eigenvalue weighted by Gasteiger charge is -2.33. The van der Waals surface area contributed by atoms with E-state index in [0.717, 1.165) is 18.3 Å². The van der Waals surface area contributed by atoms with Crippen molar-refractivity contribution in [3.05, 3.63) is 20.8 Å². The Kier molecular flexibility index (Phi) is 5.15. The van der Waals surface area contributed by atoms with Crippen LogP contribution in [-0.2, 0) is 6.54 Å². The van der Waals surface area contributed by atoms with Crippen molar-refractivity contribution >= 4 is 44.2 Å². The Labute approximate surface area is 126 Å². The molecule has 0 unspecified atom stereocenters. The van der Waals surface area contributed by atoms with Crippen LogP contribution in [-0.4, -0.2) is 17.5 Å². The minimum Gasteiger partial charge on any atom is -0.360 e. The van der Waals surface area contributed by atoms with Gasteiger partial charge in [-0.15, -0.1) is 11.3 Å². The summed E-state index contributed by atoms with van der Waals surface area (Å²) in [6, 6.07) is 2.09. The molecule has 1 aromatic rings. The monoisotopic (exact) mass is 346 g/mol. The normalized spacial score (nSPS) is 18.5. The van der Waals surface area contributed by atoms with Crippen molar-refractivity contribution in [1.82, 2.24) is 5.32 Å². The summed E-state index contributed by atoms with van der Waals surface area (Å²) >= 11 is 7.20. The molecule has 1 aromatic heterocycles. The van der Waals surface area contributed by atoms with Crippen molar-refractivity contribution in [2.24, 2.45) is 10.4 Å². The molecule has 5 heteroatoms. The zero-order chi connectivity index (χ0) is 13.0. The quantitative estimate of drug-likeness (QED) is 0.867. The predicted octanol–water partition coefficient (Wildman–Crippen LogP) is 4.51. The third-order valence-electron chi connectivity index (χ3n) is 3.66. The third-order valence-corrected chi connectivity index (χ3v) is 6.89. The van der Waals surface area contributed by atoms with E-state index in [1.54, 1.807) is 11.3 Å². The molecule has 1 N–H and O–H groups in total. The number of halogens is 1. The topological polar surface area (TPSA) is 24.4 Å². The average Bonchev–Trinajstić information content (AvgIpc) is 2.83. The maximum Gasteiger partial charge on any atom is 0.156 e. The lowest BCUT2D eigenvalue weighted by molar-refractivity contribution is 0.318. The van der Waals surface area contributed by atoms with Gasteiger partial charge in [-0.25, -0.2) is 0 Å². The first-order valence-electron chi connectivity index (χ1n) is 6.32. The van der Waals surface area contributed by atoms with Gasteiger partial charge in [-0.3, -0.25) is 4.99 Å². The molecular formula is C13H19BrN2S2. The molecule has 1 aliphatic heterocycles. The summed E-state index contributed by atoms with van der Waals surface area (Å²) < 4.78 is 1.19. The molecule has 0 bridgehead atoms. The second-order valence-corrected chi connectivity index (χ2v) is 7.48. The van der Waals surface area contributed by atoms with Gasteiger partial charge >= 0.3 is 0 Å². The van der Waals surface area contributed by atoms with Gasteiger partial charge in [0, 0.05) is 21.6 Å². The van der Waals surface area contributed by atoms with Crippen LogP contribution < -0.4 is 5.32 Å². The third kappa shape index (κ3) is 3.31. The Morgan fingerprint density at radius 2 is 2.22 bits per heavy atom. The van der Waals surface area contributed by atoms with Crippen molar-refractivity contribution in [3.63, 3.8) is 0 Å². The summed E-state index contributed by atoms with van der Waals surface area (Å²) in [5, 5.41) is 6.66. The van der Waals surface area contributed by atoms with Crippen LogP contribution in [0.25, 0.3) is 0 Å². The number of hydrogen-bond acceptors (Lipinski definition) is 4. The number of aliphatic imine (C=N–C) groups is 1. The molecule has 18 heavy (non-hydrogen) atoms. The van der Waals surface area contributed by atoms with E-state index < -0.39 is 0 Å². The molecule has 0 radical (unpaired) electrons. The Bertz CT molecular complexity index is 424. The van der Waals surface area contributed by atoms with Crippen LogP contribution in [0.4, 0.5) is 0 Å². The van der Waals surface area contributed by atoms with Crippen molar-refractivity contribution in [2.45, 2.75) is 33.2 Å². The number of thiophene rings is 1. The summed E-state index contributed by atoms with van der Waals surface area (Å²) in [4.78, 5) is 6.05. The molecule has 0 saturated heterocycles. The van der Waals surface area contributed by atoms with E-state index >= 15 is 0 Å². The van der Waals surface area contributed by atoms with Gasteiger partial charge in [0.05, 0.1) is 6.54 Å². The standard InChI is InChI=1S/C13H19BrN2S2/c1-3-13(4-2)8-16-12(18-9-13)15-7-11-10(14)5-6-17-11/h5-6H,3-4,7-9H2,1-2H3,(H,15,16). The molecule has 2 rings (SSSR count). The number of nitrogens with zero attached hydrogens (tertiary/aromatic N) is 1. The highest BCUT2D eigenvalue weighted by Crippen LogP contribution is 2.35. The molecular weight excluding hydrogens is 328 g/mol. The predicted molar refractivity (Wildman–Crippen MR) is 86.6 cm³/mol. The van der Waals surface area contributed by atoms with Crippen molar-refractivity contribution in [2.75, 3.05) is 12.3 Å². The molecule has 0 aromatic carbocycles. The van der Waals surface area contributed by atoms with E-state index in [2.05, 4.69) is 46.5 Å². The van der Waals surface area contributed by atoms with Crippen molar-refractivity contribution in [1.29, 1.82) is 0 Å². The zero-order valence-corrected chi connectivity index (χ0v) is 14.1. The molecule has 0 aliphatic carbocycles. The van der Waals surface area contributed by atoms with Crippen LogP contribution in [0.5, 0.6) is 0 Å². The van der Waals surface area contributed by atoms with Gasteiger partial charge in [0.15, 0.2) is 5.17 Å². The van der Waals surface area contributed by atoms with Gasteiger partial charge in [0.2, 0.25) is 0 Å². The summed E-state index contributed by atoms with van der Waals surface area (Å²) in [5.41, 5.74) is 0.430. The molecule has 0 saturated carbocycles. The van der Waals surface area contributed by atoms with Crippen LogP contribution in [0.1, 0.15) is 31.6 Å². The summed E-state index contributed by atoms with van der Waals surface area (Å²) in [6.45, 7) is 6.40. The lowest BCUT2D eigenvalue weighted by Crippen LogP contribution is -2.34. The zero-order valence-electron chi connectivity index (χ0n) is 10.8. The van der Waals surface area contributed by atoms with E-state index in [1.165, 1.54) is 27.9 Å². The fraction of sp³-hybridized carbons (Fsp3) is 0.615. The highest BCUT2D eigenvalue weighted by atomic mass is 79.9. The maximum atomic E-state index is 4.71. The van der Waals surface area contributed by atoms with Crippen molar-refractivity contribution < 1.29 is 0 Å². The molecule has 0 atom stereocenters. The summed E-state index contributed by atoms with van der Waals surface area (Å²) in [6.07, 6.45) is 2.45. The minimum atomic E-state index is 0.430. The molecule has 0 spiro atoms. The first kappa shape index (κ1) is 14.4. The maximum absolute atomic E-state index is 4.71. The van der Waals surface area contributed by atoms with Gasteiger partial charge in [-0.1, -0.05) is 25.6 Å². The smallest absolute Gasteiger partial charge is 0.156 e. The van der Waals surface area contributed by atoms with E-state index in [9.17, 15) is 0 Å². The van der Waals surface area contributed by atoms with Gasteiger partial charge in [0.25, 0.3) is 0 Å². The van der Waals surface area contributed by atoms with Crippen LogP contribution in [0.2, 0.25) is 0 Å². The number of thioether (sulfide) groups is 1. The van der Waals surface area contributed by atoms with Crippen LogP contribution in [0.3, 0.4) is 0 Å². The molecule has 1 aliphatic rings. The van der Waals surface area contributed by atoms with Crippen LogP contribution in [0.15, 0.2) is 20.9 Å². The van der Waals surface area contributed by atoms with Crippen molar-refractivity contribution in [3.8, 4) is 0 Å². The highest BCUT2D eigenvalue weighted by Gasteiger charge is 2.29. The highest BCUT2D eigenvalue weighted by molar-refractivity contribution is 9.10. The average molecular weight is 347 g/mol. The van der Waals surface area contributed by atoms with Crippen LogP contribution in [0, 0.1) is 5.41 Å². The summed E-state index contributed by atoms with van der Waals surface area (Å²) in [5.74, 6) is 1.19. The second-order valence-electron chi connectivity index (χ2n) is 4.66. The molecule has 100 valence electrons. The van der Waals surface area contributed by atoms with Gasteiger partial charge < -0.3 is 5.32 Å². The van der Waals surface area contributed by atoms with E-state index in [1.807, 2.05) is 11.8 Å². The second kappa shape index (κ2) is 6.44. The lowest BCUT2D eigenvalue weighted by atomic mass is 9.84. The van der Waals surface area contributed by atoms with Gasteiger partial charge in [-0.05, 0) is 45.6 Å². The Morgan fingerprint density at radius 3 is 2.72 bits per heavy atom. The fourth-order valence-corrected chi connectivity index (χ4v) is 4.65. The number of nitrogens with one attached hydrogen (secondary N) is 1. The Morgan fingerprint density at radius 1 is 1.44 bits per heavy atom. The first-order valence-corrected chi connectivity index (χ1v) is 8.98. The minimum absolute atomic E-state index is 0.430. The van der Waals surface area contributed by atoms with E-state index in [4.69, 9.17) is 4.99 Å². The Hall–Kier alpha value is -0.000000000000000111. The largest absolute Gasteiger partial charge is 0.360 e. The molecule has 2 heterocycles. The van der Waals surface area contributed by atoms with Gasteiger partial charge in [-0.2, -0.15) is 0 Å². The SMILES string of the molecule is CCC1(CC)CN=C(NCc2sccc2Br)SC1. The number of amidine groups is 1. The number of hydrogen-bond donors (Lipinski definition) is 1. The number of rotatable bonds is 4. The first-order chi connectivity index (χ1) is 8.69.